The second-order valence-electron chi connectivity index (χ2n) is 3.11. The number of ketones is 1. The fourth-order valence-corrected chi connectivity index (χ4v) is 1.19. The van der Waals surface area contributed by atoms with Gasteiger partial charge in [0.1, 0.15) is 6.61 Å². The van der Waals surface area contributed by atoms with Crippen molar-refractivity contribution in [1.29, 1.82) is 0 Å². The van der Waals surface area contributed by atoms with Crippen LogP contribution in [0.3, 0.4) is 0 Å². The van der Waals surface area contributed by atoms with Gasteiger partial charge in [-0.1, -0.05) is 27.7 Å². The van der Waals surface area contributed by atoms with E-state index in [1.807, 2.05) is 27.7 Å². The van der Waals surface area contributed by atoms with Gasteiger partial charge in [-0.3, -0.25) is 14.4 Å². The van der Waals surface area contributed by atoms with Crippen LogP contribution in [0.2, 0.25) is 0 Å². The minimum Gasteiger partial charge on any atom is -0.306 e. The first kappa shape index (κ1) is 18.4. The van der Waals surface area contributed by atoms with Crippen molar-refractivity contribution in [3.8, 4) is 0 Å². The van der Waals surface area contributed by atoms with E-state index in [-0.39, 0.29) is 24.3 Å². The van der Waals surface area contributed by atoms with E-state index in [9.17, 15) is 9.59 Å². The van der Waals surface area contributed by atoms with E-state index in [4.69, 9.17) is 0 Å². The van der Waals surface area contributed by atoms with Crippen molar-refractivity contribution in [2.75, 3.05) is 13.2 Å². The summed E-state index contributed by atoms with van der Waals surface area (Å²) in [7, 11) is 0. The molecule has 1 fully saturated rings. The minimum absolute atomic E-state index is 0.0710. The maximum atomic E-state index is 11.2. The van der Waals surface area contributed by atoms with E-state index in [0.717, 1.165) is 19.4 Å². The molecule has 1 saturated heterocycles. The highest BCUT2D eigenvalue weighted by Gasteiger charge is 2.21. The van der Waals surface area contributed by atoms with Crippen LogP contribution in [0.1, 0.15) is 47.5 Å². The Hall–Kier alpha value is -0.940. The quantitative estimate of drug-likeness (QED) is 0.736. The molecule has 2 N–H and O–H groups in total. The highest BCUT2D eigenvalue weighted by Crippen LogP contribution is 2.04. The van der Waals surface area contributed by atoms with Gasteiger partial charge in [0.15, 0.2) is 5.78 Å². The third-order valence-corrected chi connectivity index (χ3v) is 1.82. The van der Waals surface area contributed by atoms with Crippen molar-refractivity contribution in [1.82, 2.24) is 10.8 Å². The van der Waals surface area contributed by atoms with E-state index < -0.39 is 0 Å². The molecule has 5 heteroatoms. The molecule has 0 aromatic heterocycles. The molecule has 0 aromatic carbocycles. The first-order valence-electron chi connectivity index (χ1n) is 6.34. The summed E-state index contributed by atoms with van der Waals surface area (Å²) in [4.78, 5) is 26.4. The molecule has 1 unspecified atom stereocenters. The Morgan fingerprint density at radius 2 is 1.88 bits per heavy atom. The highest BCUT2D eigenvalue weighted by molar-refractivity contribution is 5.81. The lowest BCUT2D eigenvalue weighted by Gasteiger charge is -2.09. The van der Waals surface area contributed by atoms with Crippen LogP contribution in [-0.4, -0.2) is 30.9 Å². The predicted octanol–water partition coefficient (Wildman–Crippen LogP) is 1.43. The van der Waals surface area contributed by atoms with Crippen molar-refractivity contribution >= 4 is 11.7 Å². The number of amides is 1. The number of hydroxylamine groups is 1. The molecule has 0 aromatic rings. The summed E-state index contributed by atoms with van der Waals surface area (Å²) < 4.78 is 0. The average Bonchev–Trinajstić information content (AvgIpc) is 2.87. The second kappa shape index (κ2) is 13.1. The Morgan fingerprint density at radius 3 is 2.29 bits per heavy atom. The Balaban J connectivity index is 0. The van der Waals surface area contributed by atoms with Crippen LogP contribution in [0.25, 0.3) is 0 Å². The van der Waals surface area contributed by atoms with Crippen molar-refractivity contribution in [2.45, 2.75) is 53.5 Å². The van der Waals surface area contributed by atoms with Crippen LogP contribution in [0.5, 0.6) is 0 Å². The molecule has 5 nitrogen and oxygen atoms in total. The molecule has 0 saturated carbocycles. The Labute approximate surface area is 104 Å². The van der Waals surface area contributed by atoms with Crippen LogP contribution < -0.4 is 10.8 Å². The molecular weight excluding hydrogens is 220 g/mol. The van der Waals surface area contributed by atoms with Gasteiger partial charge in [0, 0.05) is 0 Å². The first-order chi connectivity index (χ1) is 8.20. The lowest BCUT2D eigenvalue weighted by atomic mass is 10.2. The molecule has 0 spiro atoms. The molecule has 0 bridgehead atoms. The number of carbonyl (C=O) groups excluding carboxylic acids is 2. The number of rotatable bonds is 4. The molecule has 1 aliphatic rings. The normalized spacial score (nSPS) is 17.1. The summed E-state index contributed by atoms with van der Waals surface area (Å²) in [5.41, 5.74) is 2.23. The molecule has 102 valence electrons. The molecule has 0 radical (unpaired) electrons. The second-order valence-corrected chi connectivity index (χ2v) is 3.11. The molecule has 1 atom stereocenters. The monoisotopic (exact) mass is 246 g/mol. The SMILES string of the molecule is CC.CC.CC(=O)CONC(=O)C1CCCN1. The topological polar surface area (TPSA) is 67.4 Å². The first-order valence-corrected chi connectivity index (χ1v) is 6.34. The zero-order chi connectivity index (χ0) is 13.7. The Bertz CT molecular complexity index is 202. The maximum Gasteiger partial charge on any atom is 0.260 e. The maximum absolute atomic E-state index is 11.2. The predicted molar refractivity (Wildman–Crippen MR) is 68.5 cm³/mol. The van der Waals surface area contributed by atoms with Crippen molar-refractivity contribution < 1.29 is 14.4 Å². The smallest absolute Gasteiger partial charge is 0.260 e. The fraction of sp³-hybridized carbons (Fsp3) is 0.833. The molecule has 1 amide bonds. The van der Waals surface area contributed by atoms with Crippen LogP contribution in [0.4, 0.5) is 0 Å². The van der Waals surface area contributed by atoms with E-state index in [2.05, 4.69) is 15.6 Å². The van der Waals surface area contributed by atoms with Gasteiger partial charge in [-0.15, -0.1) is 0 Å². The zero-order valence-electron chi connectivity index (χ0n) is 11.6. The van der Waals surface area contributed by atoms with Gasteiger partial charge in [0.05, 0.1) is 6.04 Å². The fourth-order valence-electron chi connectivity index (χ4n) is 1.19. The van der Waals surface area contributed by atoms with Gasteiger partial charge in [0.2, 0.25) is 0 Å². The summed E-state index contributed by atoms with van der Waals surface area (Å²) in [5, 5.41) is 3.02. The van der Waals surface area contributed by atoms with E-state index in [1.54, 1.807) is 0 Å². The van der Waals surface area contributed by atoms with E-state index in [1.165, 1.54) is 6.92 Å². The number of hydrogen-bond acceptors (Lipinski definition) is 4. The van der Waals surface area contributed by atoms with Gasteiger partial charge >= 0.3 is 0 Å². The third kappa shape index (κ3) is 9.96. The van der Waals surface area contributed by atoms with Gasteiger partial charge in [0.25, 0.3) is 5.91 Å². The van der Waals surface area contributed by atoms with Crippen LogP contribution in [-0.2, 0) is 14.4 Å². The van der Waals surface area contributed by atoms with E-state index in [0.29, 0.717) is 0 Å². The summed E-state index contributed by atoms with van der Waals surface area (Å²) in [5.74, 6) is -0.307. The van der Waals surface area contributed by atoms with Gasteiger partial charge in [-0.25, -0.2) is 5.48 Å². The Kier molecular flexibility index (Phi) is 14.2. The Morgan fingerprint density at radius 1 is 1.29 bits per heavy atom. The van der Waals surface area contributed by atoms with Crippen LogP contribution in [0, 0.1) is 0 Å². The molecule has 0 aliphatic carbocycles. The van der Waals surface area contributed by atoms with Crippen molar-refractivity contribution in [2.24, 2.45) is 0 Å². The summed E-state index contributed by atoms with van der Waals surface area (Å²) in [6, 6.07) is -0.160. The summed E-state index contributed by atoms with van der Waals surface area (Å²) >= 11 is 0. The van der Waals surface area contributed by atoms with Gasteiger partial charge in [-0.2, -0.15) is 0 Å². The van der Waals surface area contributed by atoms with Crippen LogP contribution in [0.15, 0.2) is 0 Å². The van der Waals surface area contributed by atoms with Crippen LogP contribution >= 0.6 is 0 Å². The molecule has 17 heavy (non-hydrogen) atoms. The molecule has 1 aliphatic heterocycles. The number of carbonyl (C=O) groups is 2. The summed E-state index contributed by atoms with van der Waals surface area (Å²) in [6.07, 6.45) is 1.83. The number of hydrogen-bond donors (Lipinski definition) is 2. The molecule has 1 heterocycles. The van der Waals surface area contributed by atoms with Gasteiger partial charge in [-0.05, 0) is 26.3 Å². The number of Topliss-reactive ketones (excluding diaryl/α,β-unsaturated/α-hetero) is 1. The standard InChI is InChI=1S/C8H14N2O3.2C2H6/c1-6(11)5-13-10-8(12)7-3-2-4-9-7;2*1-2/h7,9H,2-5H2,1H3,(H,10,12);2*1-2H3. The largest absolute Gasteiger partial charge is 0.306 e. The van der Waals surface area contributed by atoms with E-state index >= 15 is 0 Å². The number of nitrogens with one attached hydrogen (secondary N) is 2. The highest BCUT2D eigenvalue weighted by atomic mass is 16.7. The van der Waals surface area contributed by atoms with Gasteiger partial charge < -0.3 is 5.32 Å². The van der Waals surface area contributed by atoms with Crippen molar-refractivity contribution in [3.63, 3.8) is 0 Å². The lowest BCUT2D eigenvalue weighted by Crippen LogP contribution is -2.40. The third-order valence-electron chi connectivity index (χ3n) is 1.82. The summed E-state index contributed by atoms with van der Waals surface area (Å²) in [6.45, 7) is 10.2. The van der Waals surface area contributed by atoms with Crippen molar-refractivity contribution in [3.05, 3.63) is 0 Å². The lowest BCUT2D eigenvalue weighted by molar-refractivity contribution is -0.139. The molecule has 1 rings (SSSR count). The molecular formula is C12H26N2O3. The zero-order valence-corrected chi connectivity index (χ0v) is 11.6. The minimum atomic E-state index is -0.196. The average molecular weight is 246 g/mol.